The van der Waals surface area contributed by atoms with E-state index in [1.807, 2.05) is 0 Å². The molecule has 2 amide bonds. The summed E-state index contributed by atoms with van der Waals surface area (Å²) < 4.78 is 5.30. The van der Waals surface area contributed by atoms with Gasteiger partial charge in [0, 0.05) is 12.0 Å². The summed E-state index contributed by atoms with van der Waals surface area (Å²) in [5, 5.41) is 0. The summed E-state index contributed by atoms with van der Waals surface area (Å²) in [6.07, 6.45) is 0.495. The van der Waals surface area contributed by atoms with E-state index >= 15 is 0 Å². The minimum absolute atomic E-state index is 0.183. The second kappa shape index (κ2) is 5.68. The number of carbonyl (C=O) groups is 3. The van der Waals surface area contributed by atoms with E-state index in [1.54, 1.807) is 51.1 Å². The normalized spacial score (nSPS) is 18.7. The summed E-state index contributed by atoms with van der Waals surface area (Å²) in [5.74, 6) is -1.31. The topological polar surface area (TPSA) is 63.7 Å². The van der Waals surface area contributed by atoms with Crippen LogP contribution >= 0.6 is 0 Å². The van der Waals surface area contributed by atoms with Gasteiger partial charge in [0.1, 0.15) is 11.6 Å². The summed E-state index contributed by atoms with van der Waals surface area (Å²) in [4.78, 5) is 37.6. The Labute approximate surface area is 123 Å². The van der Waals surface area contributed by atoms with Gasteiger partial charge in [0.2, 0.25) is 5.91 Å². The number of esters is 1. The van der Waals surface area contributed by atoms with Gasteiger partial charge < -0.3 is 4.74 Å². The predicted molar refractivity (Wildman–Crippen MR) is 76.5 cm³/mol. The Bertz CT molecular complexity index is 559. The van der Waals surface area contributed by atoms with Crippen molar-refractivity contribution in [1.29, 1.82) is 0 Å². The van der Waals surface area contributed by atoms with Crippen molar-refractivity contribution >= 4 is 17.8 Å². The van der Waals surface area contributed by atoms with Gasteiger partial charge in [-0.2, -0.15) is 0 Å². The van der Waals surface area contributed by atoms with E-state index in [2.05, 4.69) is 0 Å². The molecule has 1 aromatic carbocycles. The summed E-state index contributed by atoms with van der Waals surface area (Å²) in [7, 11) is 0. The van der Waals surface area contributed by atoms with Crippen LogP contribution in [-0.2, 0) is 14.3 Å². The monoisotopic (exact) mass is 289 g/mol. The molecule has 2 rings (SSSR count). The molecule has 5 nitrogen and oxygen atoms in total. The van der Waals surface area contributed by atoms with Crippen LogP contribution in [0.5, 0.6) is 0 Å². The maximum absolute atomic E-state index is 12.4. The second-order valence-electron chi connectivity index (χ2n) is 6.02. The largest absolute Gasteiger partial charge is 0.458 e. The minimum atomic E-state index is -0.829. The number of rotatable bonds is 2. The number of hydrogen-bond acceptors (Lipinski definition) is 4. The van der Waals surface area contributed by atoms with Gasteiger partial charge in [-0.15, -0.1) is 0 Å². The lowest BCUT2D eigenvalue weighted by Gasteiger charge is -2.26. The summed E-state index contributed by atoms with van der Waals surface area (Å²) in [6, 6.07) is 7.64. The van der Waals surface area contributed by atoms with Crippen molar-refractivity contribution in [3.05, 3.63) is 35.9 Å². The van der Waals surface area contributed by atoms with Crippen LogP contribution in [0, 0.1) is 0 Å². The molecule has 1 atom stereocenters. The maximum atomic E-state index is 12.4. The lowest BCUT2D eigenvalue weighted by atomic mass is 10.1. The van der Waals surface area contributed by atoms with E-state index < -0.39 is 23.5 Å². The van der Waals surface area contributed by atoms with Crippen LogP contribution in [0.15, 0.2) is 30.3 Å². The molecule has 0 bridgehead atoms. The van der Waals surface area contributed by atoms with E-state index in [1.165, 1.54) is 0 Å². The van der Waals surface area contributed by atoms with Gasteiger partial charge in [-0.05, 0) is 39.3 Å². The number of nitrogens with zero attached hydrogens (tertiary/aromatic N) is 1. The molecule has 1 fully saturated rings. The number of amides is 2. The fraction of sp³-hybridized carbons (Fsp3) is 0.438. The van der Waals surface area contributed by atoms with Crippen LogP contribution in [0.25, 0.3) is 0 Å². The molecule has 1 aliphatic rings. The number of ether oxygens (including phenoxy) is 1. The maximum Gasteiger partial charge on any atom is 0.329 e. The van der Waals surface area contributed by atoms with Crippen molar-refractivity contribution in [3.8, 4) is 0 Å². The van der Waals surface area contributed by atoms with E-state index in [0.717, 1.165) is 4.90 Å². The highest BCUT2D eigenvalue weighted by Gasteiger charge is 2.42. The number of carbonyl (C=O) groups excluding carboxylic acids is 3. The van der Waals surface area contributed by atoms with Crippen LogP contribution in [0.1, 0.15) is 44.0 Å². The van der Waals surface area contributed by atoms with Crippen LogP contribution < -0.4 is 0 Å². The second-order valence-corrected chi connectivity index (χ2v) is 6.02. The molecular formula is C16H19NO4. The van der Waals surface area contributed by atoms with Gasteiger partial charge in [0.15, 0.2) is 0 Å². The molecule has 1 aliphatic heterocycles. The Morgan fingerprint density at radius 1 is 1.19 bits per heavy atom. The van der Waals surface area contributed by atoms with Gasteiger partial charge in [-0.3, -0.25) is 14.5 Å². The van der Waals surface area contributed by atoms with Crippen molar-refractivity contribution in [3.63, 3.8) is 0 Å². The first kappa shape index (κ1) is 15.2. The lowest BCUT2D eigenvalue weighted by Crippen LogP contribution is -2.45. The molecule has 0 aliphatic carbocycles. The first-order chi connectivity index (χ1) is 9.79. The molecule has 0 aromatic heterocycles. The van der Waals surface area contributed by atoms with Crippen LogP contribution in [0.3, 0.4) is 0 Å². The van der Waals surface area contributed by atoms with Crippen molar-refractivity contribution in [1.82, 2.24) is 4.90 Å². The van der Waals surface area contributed by atoms with E-state index in [9.17, 15) is 14.4 Å². The molecule has 0 N–H and O–H groups in total. The molecule has 112 valence electrons. The van der Waals surface area contributed by atoms with Gasteiger partial charge in [0.25, 0.3) is 5.91 Å². The third-order valence-corrected chi connectivity index (χ3v) is 3.13. The van der Waals surface area contributed by atoms with Gasteiger partial charge in [0.05, 0.1) is 0 Å². The third kappa shape index (κ3) is 3.48. The number of likely N-dealkylation sites (tertiary alicyclic amines) is 1. The van der Waals surface area contributed by atoms with Crippen LogP contribution in [0.4, 0.5) is 0 Å². The number of hydrogen-bond donors (Lipinski definition) is 0. The van der Waals surface area contributed by atoms with E-state index in [-0.39, 0.29) is 12.3 Å². The Hall–Kier alpha value is -2.17. The Kier molecular flexibility index (Phi) is 4.11. The molecule has 0 unspecified atom stereocenters. The van der Waals surface area contributed by atoms with Crippen molar-refractivity contribution in [2.75, 3.05) is 0 Å². The molecule has 5 heteroatoms. The molecule has 0 spiro atoms. The zero-order valence-corrected chi connectivity index (χ0v) is 12.5. The molecule has 0 saturated carbocycles. The zero-order valence-electron chi connectivity index (χ0n) is 12.5. The predicted octanol–water partition coefficient (Wildman–Crippen LogP) is 2.16. The molecule has 1 saturated heterocycles. The summed E-state index contributed by atoms with van der Waals surface area (Å²) in [5.41, 5.74) is -0.259. The van der Waals surface area contributed by atoms with E-state index in [4.69, 9.17) is 4.74 Å². The highest BCUT2D eigenvalue weighted by Crippen LogP contribution is 2.24. The SMILES string of the molecule is CC(C)(C)OC(=O)[C@@H]1CCC(=O)N1C(=O)c1ccccc1. The number of imide groups is 1. The molecule has 1 heterocycles. The first-order valence-corrected chi connectivity index (χ1v) is 6.94. The van der Waals surface area contributed by atoms with Crippen molar-refractivity contribution in [2.24, 2.45) is 0 Å². The van der Waals surface area contributed by atoms with Crippen molar-refractivity contribution in [2.45, 2.75) is 45.3 Å². The quantitative estimate of drug-likeness (QED) is 0.618. The van der Waals surface area contributed by atoms with Gasteiger partial charge >= 0.3 is 5.97 Å². The average Bonchev–Trinajstić information content (AvgIpc) is 2.79. The molecule has 0 radical (unpaired) electrons. The number of benzene rings is 1. The first-order valence-electron chi connectivity index (χ1n) is 6.94. The van der Waals surface area contributed by atoms with Crippen LogP contribution in [-0.4, -0.2) is 34.3 Å². The Balaban J connectivity index is 2.21. The highest BCUT2D eigenvalue weighted by molar-refractivity contribution is 6.08. The fourth-order valence-corrected chi connectivity index (χ4v) is 2.25. The summed E-state index contributed by atoms with van der Waals surface area (Å²) >= 11 is 0. The molecule has 1 aromatic rings. The van der Waals surface area contributed by atoms with Crippen LogP contribution in [0.2, 0.25) is 0 Å². The third-order valence-electron chi connectivity index (χ3n) is 3.13. The van der Waals surface area contributed by atoms with Gasteiger partial charge in [-0.1, -0.05) is 18.2 Å². The molecular weight excluding hydrogens is 270 g/mol. The Morgan fingerprint density at radius 3 is 2.38 bits per heavy atom. The summed E-state index contributed by atoms with van der Waals surface area (Å²) in [6.45, 7) is 5.26. The standard InChI is InChI=1S/C16H19NO4/c1-16(2,3)21-15(20)12-9-10-13(18)17(12)14(19)11-7-5-4-6-8-11/h4-8,12H,9-10H2,1-3H3/t12-/m0/s1. The lowest BCUT2D eigenvalue weighted by molar-refractivity contribution is -0.160. The zero-order chi connectivity index (χ0) is 15.6. The average molecular weight is 289 g/mol. The minimum Gasteiger partial charge on any atom is -0.458 e. The molecule has 21 heavy (non-hydrogen) atoms. The highest BCUT2D eigenvalue weighted by atomic mass is 16.6. The Morgan fingerprint density at radius 2 is 1.81 bits per heavy atom. The fourth-order valence-electron chi connectivity index (χ4n) is 2.25. The van der Waals surface area contributed by atoms with Gasteiger partial charge in [-0.25, -0.2) is 4.79 Å². The smallest absolute Gasteiger partial charge is 0.329 e. The van der Waals surface area contributed by atoms with E-state index in [0.29, 0.717) is 12.0 Å². The van der Waals surface area contributed by atoms with Crippen molar-refractivity contribution < 1.29 is 19.1 Å².